The summed E-state index contributed by atoms with van der Waals surface area (Å²) < 4.78 is 5.09. The minimum absolute atomic E-state index is 0.0974. The lowest BCUT2D eigenvalue weighted by molar-refractivity contribution is -0.149. The molecule has 1 unspecified atom stereocenters. The summed E-state index contributed by atoms with van der Waals surface area (Å²) in [5.41, 5.74) is 0.439. The van der Waals surface area contributed by atoms with Crippen molar-refractivity contribution in [1.29, 1.82) is 0 Å². The van der Waals surface area contributed by atoms with Crippen LogP contribution in [0.2, 0.25) is 10.0 Å². The van der Waals surface area contributed by atoms with Gasteiger partial charge in [-0.05, 0) is 38.4 Å². The van der Waals surface area contributed by atoms with Crippen molar-refractivity contribution in [3.8, 4) is 0 Å². The van der Waals surface area contributed by atoms with Gasteiger partial charge in [-0.1, -0.05) is 29.3 Å². The minimum atomic E-state index is -0.150. The van der Waals surface area contributed by atoms with Crippen molar-refractivity contribution in [2.75, 3.05) is 31.6 Å². The molecule has 0 saturated carbocycles. The Morgan fingerprint density at radius 2 is 2.04 bits per heavy atom. The highest BCUT2D eigenvalue weighted by molar-refractivity contribution is 6.39. The van der Waals surface area contributed by atoms with E-state index in [1.165, 1.54) is 0 Å². The van der Waals surface area contributed by atoms with Gasteiger partial charge in [0.05, 0.1) is 28.3 Å². The number of likely N-dealkylation sites (tertiary alicyclic amines) is 1. The zero-order valence-electron chi connectivity index (χ0n) is 13.7. The number of esters is 1. The molecule has 132 valence electrons. The number of amides is 1. The molecule has 0 bridgehead atoms. The second-order valence-corrected chi connectivity index (χ2v) is 6.60. The predicted molar refractivity (Wildman–Crippen MR) is 95.5 cm³/mol. The maximum Gasteiger partial charge on any atom is 0.310 e. The maximum atomic E-state index is 12.1. The number of carbonyl (C=O) groups is 2. The van der Waals surface area contributed by atoms with Crippen molar-refractivity contribution in [2.24, 2.45) is 5.92 Å². The third-order valence-electron chi connectivity index (χ3n) is 4.01. The first kappa shape index (κ1) is 19.0. The van der Waals surface area contributed by atoms with Crippen molar-refractivity contribution in [3.05, 3.63) is 28.2 Å². The number of nitrogens with one attached hydrogen (secondary N) is 1. The van der Waals surface area contributed by atoms with Gasteiger partial charge >= 0.3 is 5.97 Å². The summed E-state index contributed by atoms with van der Waals surface area (Å²) in [5.74, 6) is -0.391. The Labute approximate surface area is 152 Å². The summed E-state index contributed by atoms with van der Waals surface area (Å²) in [4.78, 5) is 26.1. The number of piperidine rings is 1. The fourth-order valence-corrected chi connectivity index (χ4v) is 3.28. The molecule has 0 aromatic heterocycles. The van der Waals surface area contributed by atoms with Crippen LogP contribution in [0, 0.1) is 5.92 Å². The summed E-state index contributed by atoms with van der Waals surface area (Å²) >= 11 is 12.1. The molecule has 5 nitrogen and oxygen atoms in total. The van der Waals surface area contributed by atoms with Gasteiger partial charge in [0.25, 0.3) is 0 Å². The van der Waals surface area contributed by atoms with Gasteiger partial charge in [-0.2, -0.15) is 0 Å². The second kappa shape index (κ2) is 9.25. The molecular weight excluding hydrogens is 351 g/mol. The highest BCUT2D eigenvalue weighted by atomic mass is 35.5. The summed E-state index contributed by atoms with van der Waals surface area (Å²) in [6.45, 7) is 4.32. The van der Waals surface area contributed by atoms with Gasteiger partial charge in [-0.3, -0.25) is 9.59 Å². The SMILES string of the molecule is CCOC(=O)C1CCCN(CCC(=O)Nc2c(Cl)cccc2Cl)C1. The quantitative estimate of drug-likeness (QED) is 0.775. The molecule has 1 aromatic rings. The molecule has 7 heteroatoms. The molecule has 0 radical (unpaired) electrons. The number of ether oxygens (including phenoxy) is 1. The second-order valence-electron chi connectivity index (χ2n) is 5.79. The zero-order chi connectivity index (χ0) is 17.5. The Morgan fingerprint density at radius 3 is 2.71 bits per heavy atom. The molecule has 1 saturated heterocycles. The summed E-state index contributed by atoms with van der Waals surface area (Å²) in [6, 6.07) is 5.08. The highest BCUT2D eigenvalue weighted by Gasteiger charge is 2.26. The number of halogens is 2. The molecular formula is C17H22Cl2N2O3. The fraction of sp³-hybridized carbons (Fsp3) is 0.529. The molecule has 1 fully saturated rings. The largest absolute Gasteiger partial charge is 0.466 e. The van der Waals surface area contributed by atoms with Crippen LogP contribution < -0.4 is 5.32 Å². The highest BCUT2D eigenvalue weighted by Crippen LogP contribution is 2.29. The Bertz CT molecular complexity index is 575. The molecule has 1 amide bonds. The van der Waals surface area contributed by atoms with Crippen LogP contribution in [-0.2, 0) is 14.3 Å². The number of anilines is 1. The van der Waals surface area contributed by atoms with Gasteiger partial charge in [0.15, 0.2) is 0 Å². The monoisotopic (exact) mass is 372 g/mol. The number of carbonyl (C=O) groups excluding carboxylic acids is 2. The molecule has 1 aliphatic heterocycles. The molecule has 0 spiro atoms. The first-order valence-corrected chi connectivity index (χ1v) is 8.89. The van der Waals surface area contributed by atoms with E-state index in [4.69, 9.17) is 27.9 Å². The van der Waals surface area contributed by atoms with Gasteiger partial charge < -0.3 is 15.0 Å². The maximum absolute atomic E-state index is 12.1. The predicted octanol–water partition coefficient (Wildman–Crippen LogP) is 3.60. The third-order valence-corrected chi connectivity index (χ3v) is 4.64. The number of para-hydroxylation sites is 1. The number of benzene rings is 1. The molecule has 2 rings (SSSR count). The lowest BCUT2D eigenvalue weighted by Gasteiger charge is -2.31. The average Bonchev–Trinajstić information content (AvgIpc) is 2.57. The van der Waals surface area contributed by atoms with Crippen LogP contribution in [0.4, 0.5) is 5.69 Å². The number of nitrogens with zero attached hydrogens (tertiary/aromatic N) is 1. The van der Waals surface area contributed by atoms with Crippen LogP contribution in [0.25, 0.3) is 0 Å². The van der Waals surface area contributed by atoms with E-state index in [0.29, 0.717) is 41.8 Å². The molecule has 1 aromatic carbocycles. The van der Waals surface area contributed by atoms with Crippen molar-refractivity contribution in [1.82, 2.24) is 4.90 Å². The molecule has 1 aliphatic rings. The molecule has 24 heavy (non-hydrogen) atoms. The summed E-state index contributed by atoms with van der Waals surface area (Å²) in [7, 11) is 0. The van der Waals surface area contributed by atoms with Crippen molar-refractivity contribution >= 4 is 40.8 Å². The lowest BCUT2D eigenvalue weighted by Crippen LogP contribution is -2.40. The number of rotatable bonds is 6. The standard InChI is InChI=1S/C17H22Cl2N2O3/c1-2-24-17(23)12-5-4-9-21(11-12)10-8-15(22)20-16-13(18)6-3-7-14(16)19/h3,6-7,12H,2,4-5,8-11H2,1H3,(H,20,22). The lowest BCUT2D eigenvalue weighted by atomic mass is 9.98. The van der Waals surface area contributed by atoms with Crippen LogP contribution in [0.1, 0.15) is 26.2 Å². The topological polar surface area (TPSA) is 58.6 Å². The minimum Gasteiger partial charge on any atom is -0.466 e. The van der Waals surface area contributed by atoms with E-state index in [2.05, 4.69) is 10.2 Å². The van der Waals surface area contributed by atoms with E-state index in [9.17, 15) is 9.59 Å². The van der Waals surface area contributed by atoms with Gasteiger partial charge in [0, 0.05) is 19.5 Å². The van der Waals surface area contributed by atoms with Crippen LogP contribution in [0.5, 0.6) is 0 Å². The fourth-order valence-electron chi connectivity index (χ4n) is 2.79. The van der Waals surface area contributed by atoms with Crippen LogP contribution in [-0.4, -0.2) is 43.0 Å². The van der Waals surface area contributed by atoms with E-state index >= 15 is 0 Å². The van der Waals surface area contributed by atoms with Gasteiger partial charge in [-0.25, -0.2) is 0 Å². The van der Waals surface area contributed by atoms with Crippen molar-refractivity contribution < 1.29 is 14.3 Å². The Balaban J connectivity index is 1.82. The average molecular weight is 373 g/mol. The van der Waals surface area contributed by atoms with E-state index in [1.54, 1.807) is 18.2 Å². The van der Waals surface area contributed by atoms with E-state index < -0.39 is 0 Å². The first-order chi connectivity index (χ1) is 11.5. The Kier molecular flexibility index (Phi) is 7.34. The summed E-state index contributed by atoms with van der Waals surface area (Å²) in [6.07, 6.45) is 2.09. The number of hydrogen-bond donors (Lipinski definition) is 1. The van der Waals surface area contributed by atoms with Crippen molar-refractivity contribution in [2.45, 2.75) is 26.2 Å². The Hall–Kier alpha value is -1.30. The first-order valence-electron chi connectivity index (χ1n) is 8.14. The van der Waals surface area contributed by atoms with Gasteiger partial charge in [-0.15, -0.1) is 0 Å². The summed E-state index contributed by atoms with van der Waals surface area (Å²) in [5, 5.41) is 3.58. The van der Waals surface area contributed by atoms with Crippen molar-refractivity contribution in [3.63, 3.8) is 0 Å². The molecule has 0 aliphatic carbocycles. The van der Waals surface area contributed by atoms with Gasteiger partial charge in [0.2, 0.25) is 5.91 Å². The van der Waals surface area contributed by atoms with Crippen LogP contribution >= 0.6 is 23.2 Å². The number of hydrogen-bond acceptors (Lipinski definition) is 4. The third kappa shape index (κ3) is 5.36. The van der Waals surface area contributed by atoms with E-state index in [0.717, 1.165) is 19.4 Å². The van der Waals surface area contributed by atoms with Crippen LogP contribution in [0.15, 0.2) is 18.2 Å². The van der Waals surface area contributed by atoms with E-state index in [1.807, 2.05) is 6.92 Å². The zero-order valence-corrected chi connectivity index (χ0v) is 15.2. The van der Waals surface area contributed by atoms with E-state index in [-0.39, 0.29) is 17.8 Å². The molecule has 1 N–H and O–H groups in total. The molecule has 1 atom stereocenters. The normalized spacial score (nSPS) is 18.2. The molecule has 1 heterocycles. The van der Waals surface area contributed by atoms with Gasteiger partial charge in [0.1, 0.15) is 0 Å². The Morgan fingerprint density at radius 1 is 1.33 bits per heavy atom. The van der Waals surface area contributed by atoms with Crippen LogP contribution in [0.3, 0.4) is 0 Å². The smallest absolute Gasteiger partial charge is 0.310 e.